The van der Waals surface area contributed by atoms with Crippen LogP contribution in [0.4, 0.5) is 4.39 Å². The highest BCUT2D eigenvalue weighted by atomic mass is 79.9. The Balaban J connectivity index is 2.10. The van der Waals surface area contributed by atoms with E-state index in [9.17, 15) is 12.8 Å². The molecule has 7 heteroatoms. The smallest absolute Gasteiger partial charge is 0.225 e. The summed E-state index contributed by atoms with van der Waals surface area (Å²) in [7, 11) is -3.71. The molecule has 0 unspecified atom stereocenters. The molecule has 0 fully saturated rings. The monoisotopic (exact) mass is 411 g/mol. The van der Waals surface area contributed by atoms with Gasteiger partial charge in [0, 0.05) is 16.5 Å². The number of rotatable bonds is 3. The second-order valence-electron chi connectivity index (χ2n) is 4.87. The number of benzene rings is 2. The minimum atomic E-state index is -3.71. The lowest BCUT2D eigenvalue weighted by Gasteiger charge is -2.07. The molecule has 0 radical (unpaired) electrons. The minimum Gasteiger partial charge on any atom is -0.225 e. The molecule has 0 aliphatic rings. The molecule has 0 atom stereocenters. The van der Waals surface area contributed by atoms with Crippen LogP contribution < -0.4 is 5.14 Å². The van der Waals surface area contributed by atoms with Gasteiger partial charge in [-0.05, 0) is 51.3 Å². The molecule has 0 amide bonds. The fourth-order valence-electron chi connectivity index (χ4n) is 2.26. The van der Waals surface area contributed by atoms with Gasteiger partial charge in [0.25, 0.3) is 0 Å². The van der Waals surface area contributed by atoms with Crippen LogP contribution in [0.15, 0.2) is 62.6 Å². The Bertz CT molecular complexity index is 949. The van der Waals surface area contributed by atoms with Gasteiger partial charge in [-0.15, -0.1) is 11.3 Å². The maximum Gasteiger partial charge on any atom is 0.238 e. The van der Waals surface area contributed by atoms with Crippen LogP contribution in [-0.2, 0) is 10.0 Å². The predicted molar refractivity (Wildman–Crippen MR) is 94.2 cm³/mol. The Labute approximate surface area is 145 Å². The van der Waals surface area contributed by atoms with Crippen LogP contribution in [0.5, 0.6) is 0 Å². The van der Waals surface area contributed by atoms with E-state index >= 15 is 0 Å². The molecule has 118 valence electrons. The Morgan fingerprint density at radius 2 is 1.52 bits per heavy atom. The van der Waals surface area contributed by atoms with E-state index in [0.29, 0.717) is 0 Å². The van der Waals surface area contributed by atoms with Gasteiger partial charge in [0.1, 0.15) is 5.82 Å². The zero-order valence-corrected chi connectivity index (χ0v) is 14.9. The van der Waals surface area contributed by atoms with Gasteiger partial charge in [0.15, 0.2) is 0 Å². The Kier molecular flexibility index (Phi) is 4.37. The molecule has 0 aliphatic heterocycles. The highest BCUT2D eigenvalue weighted by Gasteiger charge is 2.15. The summed E-state index contributed by atoms with van der Waals surface area (Å²) in [6.07, 6.45) is 0. The first-order valence-electron chi connectivity index (χ1n) is 6.52. The van der Waals surface area contributed by atoms with Gasteiger partial charge in [0.2, 0.25) is 10.0 Å². The average molecular weight is 412 g/mol. The summed E-state index contributed by atoms with van der Waals surface area (Å²) in [4.78, 5) is 0.0684. The zero-order chi connectivity index (χ0) is 16.6. The summed E-state index contributed by atoms with van der Waals surface area (Å²) >= 11 is 5.04. The van der Waals surface area contributed by atoms with E-state index in [1.807, 2.05) is 5.38 Å². The SMILES string of the molecule is NS(=O)(=O)c1ccc(-c2csc(Br)c2-c2ccc(F)cc2)cc1. The van der Waals surface area contributed by atoms with Gasteiger partial charge in [-0.25, -0.2) is 17.9 Å². The lowest BCUT2D eigenvalue weighted by molar-refractivity contribution is 0.598. The maximum absolute atomic E-state index is 13.1. The van der Waals surface area contributed by atoms with E-state index in [0.717, 1.165) is 26.0 Å². The Morgan fingerprint density at radius 3 is 2.09 bits per heavy atom. The number of nitrogens with two attached hydrogens (primary N) is 1. The highest BCUT2D eigenvalue weighted by Crippen LogP contribution is 2.42. The van der Waals surface area contributed by atoms with Gasteiger partial charge in [-0.3, -0.25) is 0 Å². The van der Waals surface area contributed by atoms with Crippen molar-refractivity contribution in [2.24, 2.45) is 5.14 Å². The standard InChI is InChI=1S/C16H11BrFNO2S2/c17-16-15(11-1-5-12(18)6-2-11)14(9-22-16)10-3-7-13(8-4-10)23(19,20)21/h1-9H,(H2,19,20,21). The summed E-state index contributed by atoms with van der Waals surface area (Å²) in [6, 6.07) is 12.6. The number of hydrogen-bond acceptors (Lipinski definition) is 3. The summed E-state index contributed by atoms with van der Waals surface area (Å²) in [5.74, 6) is -0.292. The molecule has 2 N–H and O–H groups in total. The molecule has 23 heavy (non-hydrogen) atoms. The summed E-state index contributed by atoms with van der Waals surface area (Å²) in [5.41, 5.74) is 3.62. The van der Waals surface area contributed by atoms with Crippen LogP contribution in [-0.4, -0.2) is 8.42 Å². The minimum absolute atomic E-state index is 0.0684. The van der Waals surface area contributed by atoms with Gasteiger partial charge < -0.3 is 0 Å². The third-order valence-corrected chi connectivity index (χ3v) is 6.02. The van der Waals surface area contributed by atoms with Crippen LogP contribution in [0, 0.1) is 5.82 Å². The normalized spacial score (nSPS) is 11.6. The third kappa shape index (κ3) is 3.37. The van der Waals surface area contributed by atoms with Crippen LogP contribution in [0.25, 0.3) is 22.3 Å². The number of primary sulfonamides is 1. The molecule has 3 nitrogen and oxygen atoms in total. The van der Waals surface area contributed by atoms with E-state index in [1.165, 1.54) is 35.6 Å². The first-order chi connectivity index (χ1) is 10.9. The molecule has 0 spiro atoms. The maximum atomic E-state index is 13.1. The van der Waals surface area contributed by atoms with E-state index in [1.54, 1.807) is 24.3 Å². The van der Waals surface area contributed by atoms with Gasteiger partial charge in [-0.2, -0.15) is 0 Å². The van der Waals surface area contributed by atoms with Crippen molar-refractivity contribution in [1.82, 2.24) is 0 Å². The first-order valence-corrected chi connectivity index (χ1v) is 9.74. The summed E-state index contributed by atoms with van der Waals surface area (Å²) < 4.78 is 36.7. The van der Waals surface area contributed by atoms with Crippen molar-refractivity contribution in [2.75, 3.05) is 0 Å². The van der Waals surface area contributed by atoms with Crippen molar-refractivity contribution in [3.63, 3.8) is 0 Å². The molecule has 3 rings (SSSR count). The van der Waals surface area contributed by atoms with Gasteiger partial charge in [-0.1, -0.05) is 24.3 Å². The molecular formula is C16H11BrFNO2S2. The molecule has 1 aromatic heterocycles. The molecule has 0 saturated heterocycles. The fraction of sp³-hybridized carbons (Fsp3) is 0. The predicted octanol–water partition coefficient (Wildman–Crippen LogP) is 4.63. The molecule has 1 heterocycles. The van der Waals surface area contributed by atoms with Crippen molar-refractivity contribution < 1.29 is 12.8 Å². The highest BCUT2D eigenvalue weighted by molar-refractivity contribution is 9.11. The fourth-order valence-corrected chi connectivity index (χ4v) is 4.32. The Hall–Kier alpha value is -1.54. The molecular weight excluding hydrogens is 401 g/mol. The number of hydrogen-bond donors (Lipinski definition) is 1. The van der Waals surface area contributed by atoms with Crippen molar-refractivity contribution in [3.8, 4) is 22.3 Å². The van der Waals surface area contributed by atoms with Crippen molar-refractivity contribution in [3.05, 3.63) is 63.5 Å². The first kappa shape index (κ1) is 16.3. The lowest BCUT2D eigenvalue weighted by Crippen LogP contribution is -2.11. The van der Waals surface area contributed by atoms with Crippen LogP contribution in [0.2, 0.25) is 0 Å². The quantitative estimate of drug-likeness (QED) is 0.682. The Morgan fingerprint density at radius 1 is 0.957 bits per heavy atom. The third-order valence-electron chi connectivity index (χ3n) is 3.37. The molecule has 0 saturated carbocycles. The molecule has 3 aromatic rings. The second-order valence-corrected chi connectivity index (χ2v) is 8.63. The van der Waals surface area contributed by atoms with Gasteiger partial charge in [0.05, 0.1) is 8.68 Å². The number of halogens is 2. The summed E-state index contributed by atoms with van der Waals surface area (Å²) in [5, 5.41) is 7.08. The molecule has 0 bridgehead atoms. The lowest BCUT2D eigenvalue weighted by atomic mass is 9.99. The van der Waals surface area contributed by atoms with E-state index in [-0.39, 0.29) is 10.7 Å². The number of sulfonamides is 1. The topological polar surface area (TPSA) is 60.2 Å². The largest absolute Gasteiger partial charge is 0.238 e. The van der Waals surface area contributed by atoms with E-state index in [2.05, 4.69) is 15.9 Å². The van der Waals surface area contributed by atoms with Crippen molar-refractivity contribution >= 4 is 37.3 Å². The van der Waals surface area contributed by atoms with Crippen LogP contribution >= 0.6 is 27.3 Å². The molecule has 0 aliphatic carbocycles. The number of thiophene rings is 1. The van der Waals surface area contributed by atoms with Crippen LogP contribution in [0.1, 0.15) is 0 Å². The van der Waals surface area contributed by atoms with E-state index < -0.39 is 10.0 Å². The second kappa shape index (κ2) is 6.16. The van der Waals surface area contributed by atoms with Crippen LogP contribution in [0.3, 0.4) is 0 Å². The summed E-state index contributed by atoms with van der Waals surface area (Å²) in [6.45, 7) is 0. The van der Waals surface area contributed by atoms with E-state index in [4.69, 9.17) is 5.14 Å². The average Bonchev–Trinajstić information content (AvgIpc) is 2.89. The van der Waals surface area contributed by atoms with Crippen molar-refractivity contribution in [2.45, 2.75) is 4.90 Å². The zero-order valence-electron chi connectivity index (χ0n) is 11.7. The molecule has 2 aromatic carbocycles. The van der Waals surface area contributed by atoms with Crippen molar-refractivity contribution in [1.29, 1.82) is 0 Å². The van der Waals surface area contributed by atoms with Gasteiger partial charge >= 0.3 is 0 Å².